The lowest BCUT2D eigenvalue weighted by atomic mass is 9.33. The summed E-state index contributed by atoms with van der Waals surface area (Å²) < 4.78 is 6.51. The van der Waals surface area contributed by atoms with E-state index in [2.05, 4.69) is 54.5 Å². The van der Waals surface area contributed by atoms with Crippen LogP contribution in [0.4, 0.5) is 0 Å². The zero-order chi connectivity index (χ0) is 33.6. The zero-order valence-electron chi connectivity index (χ0n) is 29.7. The van der Waals surface area contributed by atoms with Crippen LogP contribution in [0.3, 0.4) is 0 Å². The molecule has 0 radical (unpaired) electrons. The normalized spacial score (nSPS) is 40.8. The third-order valence-corrected chi connectivity index (χ3v) is 15.2. The highest BCUT2D eigenvalue weighted by molar-refractivity contribution is 5.96. The number of allylic oxidation sites excluding steroid dienone is 2. The van der Waals surface area contributed by atoms with E-state index in [4.69, 9.17) is 4.74 Å². The fraction of sp³-hybridized carbons (Fsp3) is 0.605. The van der Waals surface area contributed by atoms with E-state index in [0.29, 0.717) is 18.6 Å². The molecule has 0 saturated heterocycles. The maximum atomic E-state index is 14.7. The zero-order valence-corrected chi connectivity index (χ0v) is 29.7. The molecule has 0 aliphatic heterocycles. The second-order valence-electron chi connectivity index (χ2n) is 18.0. The van der Waals surface area contributed by atoms with Gasteiger partial charge in [-0.05, 0) is 109 Å². The van der Waals surface area contributed by atoms with E-state index in [-0.39, 0.29) is 51.2 Å². The monoisotopic (exact) mass is 634 g/mol. The summed E-state index contributed by atoms with van der Waals surface area (Å²) in [6.45, 7) is 16.0. The molecule has 0 amide bonds. The summed E-state index contributed by atoms with van der Waals surface area (Å²) in [4.78, 5) is 42.2. The van der Waals surface area contributed by atoms with E-state index in [9.17, 15) is 14.4 Å². The van der Waals surface area contributed by atoms with Gasteiger partial charge in [0.2, 0.25) is 0 Å². The molecule has 0 aromatic heterocycles. The van der Waals surface area contributed by atoms with Crippen LogP contribution in [0.15, 0.2) is 72.3 Å². The quantitative estimate of drug-likeness (QED) is 0.314. The number of hydrogen-bond acceptors (Lipinski definition) is 4. The smallest absolute Gasteiger partial charge is 0.312 e. The van der Waals surface area contributed by atoms with Crippen LogP contribution in [0.5, 0.6) is 0 Å². The molecule has 4 fully saturated rings. The lowest BCUT2D eigenvalue weighted by molar-refractivity contribution is -0.188. The molecule has 2 aromatic carbocycles. The highest BCUT2D eigenvalue weighted by Gasteiger charge is 2.70. The first kappa shape index (κ1) is 32.5. The third kappa shape index (κ3) is 4.62. The first-order chi connectivity index (χ1) is 22.1. The molecule has 4 saturated carbocycles. The van der Waals surface area contributed by atoms with Gasteiger partial charge in [-0.3, -0.25) is 14.4 Å². The minimum Gasteiger partial charge on any atom is -0.452 e. The second kappa shape index (κ2) is 10.7. The summed E-state index contributed by atoms with van der Waals surface area (Å²) in [5, 5.41) is 0. The fourth-order valence-corrected chi connectivity index (χ4v) is 12.0. The van der Waals surface area contributed by atoms with Crippen molar-refractivity contribution in [2.24, 2.45) is 50.2 Å². The van der Waals surface area contributed by atoms with Crippen LogP contribution < -0.4 is 0 Å². The Morgan fingerprint density at radius 3 is 1.98 bits per heavy atom. The Balaban J connectivity index is 1.23. The summed E-state index contributed by atoms with van der Waals surface area (Å²) in [6, 6.07) is 20.1. The molecule has 5 aliphatic carbocycles. The predicted octanol–water partition coefficient (Wildman–Crippen LogP) is 9.87. The molecule has 0 bridgehead atoms. The Bertz CT molecular complexity index is 1580. The van der Waals surface area contributed by atoms with Crippen LogP contribution >= 0.6 is 0 Å². The molecule has 0 unspecified atom stereocenters. The number of benzene rings is 2. The molecule has 5 aliphatic rings. The van der Waals surface area contributed by atoms with Gasteiger partial charge in [0.25, 0.3) is 0 Å². The Kier molecular flexibility index (Phi) is 7.44. The molecule has 8 atom stereocenters. The summed E-state index contributed by atoms with van der Waals surface area (Å²) >= 11 is 0. The Labute approximate surface area is 282 Å². The lowest BCUT2D eigenvalue weighted by Crippen LogP contribution is -2.66. The Hall–Kier alpha value is -3.01. The van der Waals surface area contributed by atoms with Crippen molar-refractivity contribution in [3.63, 3.8) is 0 Å². The third-order valence-electron chi connectivity index (χ3n) is 15.2. The standard InChI is InChI=1S/C43H54O4/c1-38(2)33-18-21-43(7)36(41(33,5)20-19-34(38)45)32(44)26-30-31-27-40(4,23-22-39(31,3)24-25-42(30,43)6)37(46)47-35(28-14-10-8-11-15-28)29-16-12-9-13-17-29/h8-17,26,31,33,35-36H,18-25,27H2,1-7H3/t31-,33-,36+,39+,40+,41-,42+,43+/m0/s1. The number of Topliss-reactive ketones (excluding diaryl/α,β-unsaturated/α-hetero) is 1. The van der Waals surface area contributed by atoms with Crippen molar-refractivity contribution in [3.05, 3.63) is 83.4 Å². The van der Waals surface area contributed by atoms with Crippen molar-refractivity contribution < 1.29 is 19.1 Å². The number of hydrogen-bond donors (Lipinski definition) is 0. The summed E-state index contributed by atoms with van der Waals surface area (Å²) in [7, 11) is 0. The Morgan fingerprint density at radius 1 is 0.766 bits per heavy atom. The summed E-state index contributed by atoms with van der Waals surface area (Å²) in [5.74, 6) is 0.773. The van der Waals surface area contributed by atoms with Crippen LogP contribution in [0, 0.1) is 50.2 Å². The van der Waals surface area contributed by atoms with E-state index in [1.54, 1.807) is 0 Å². The molecule has 250 valence electrons. The van der Waals surface area contributed by atoms with Crippen molar-refractivity contribution in [1.82, 2.24) is 0 Å². The maximum absolute atomic E-state index is 14.7. The Morgan fingerprint density at radius 2 is 1.36 bits per heavy atom. The van der Waals surface area contributed by atoms with Crippen molar-refractivity contribution >= 4 is 17.5 Å². The van der Waals surface area contributed by atoms with Gasteiger partial charge in [-0.2, -0.15) is 0 Å². The van der Waals surface area contributed by atoms with Gasteiger partial charge in [0.15, 0.2) is 11.9 Å². The van der Waals surface area contributed by atoms with Crippen LogP contribution in [-0.2, 0) is 19.1 Å². The molecular weight excluding hydrogens is 580 g/mol. The largest absolute Gasteiger partial charge is 0.452 e. The molecular formula is C43H54O4. The summed E-state index contributed by atoms with van der Waals surface area (Å²) in [6.07, 6.45) is 9.55. The summed E-state index contributed by atoms with van der Waals surface area (Å²) in [5.41, 5.74) is 1.73. The number of fused-ring (bicyclic) bond motifs is 7. The number of carbonyl (C=O) groups excluding carboxylic acids is 3. The lowest BCUT2D eigenvalue weighted by Gasteiger charge is -2.69. The molecule has 2 aromatic rings. The van der Waals surface area contributed by atoms with Crippen molar-refractivity contribution in [1.29, 1.82) is 0 Å². The average molecular weight is 635 g/mol. The number of carbonyl (C=O) groups is 3. The van der Waals surface area contributed by atoms with Crippen LogP contribution in [0.2, 0.25) is 0 Å². The van der Waals surface area contributed by atoms with Gasteiger partial charge >= 0.3 is 5.97 Å². The van der Waals surface area contributed by atoms with Gasteiger partial charge in [-0.1, -0.05) is 108 Å². The van der Waals surface area contributed by atoms with Gasteiger partial charge in [0.05, 0.1) is 5.41 Å². The SMILES string of the molecule is CC1(C)C(=O)CC[C@]2(C)[C@H]3C(=O)C=C4[C@@H]5C[C@](C)(C(=O)OC(c6ccccc6)c6ccccc6)CC[C@]5(C)CC[C@@]4(C)[C@]3(C)CC[C@@H]12. The van der Waals surface area contributed by atoms with E-state index in [1.165, 1.54) is 5.57 Å². The number of esters is 1. The van der Waals surface area contributed by atoms with E-state index in [1.807, 2.05) is 60.7 Å². The molecule has 0 N–H and O–H groups in total. The topological polar surface area (TPSA) is 60.4 Å². The van der Waals surface area contributed by atoms with Gasteiger partial charge < -0.3 is 4.74 Å². The first-order valence-electron chi connectivity index (χ1n) is 18.2. The van der Waals surface area contributed by atoms with Crippen LogP contribution in [0.25, 0.3) is 0 Å². The van der Waals surface area contributed by atoms with Crippen molar-refractivity contribution in [2.75, 3.05) is 0 Å². The second-order valence-corrected chi connectivity index (χ2v) is 18.0. The van der Waals surface area contributed by atoms with E-state index in [0.717, 1.165) is 56.1 Å². The molecule has 0 heterocycles. The predicted molar refractivity (Wildman–Crippen MR) is 185 cm³/mol. The van der Waals surface area contributed by atoms with Crippen LogP contribution in [-0.4, -0.2) is 17.5 Å². The van der Waals surface area contributed by atoms with Crippen LogP contribution in [0.1, 0.15) is 123 Å². The molecule has 47 heavy (non-hydrogen) atoms. The molecule has 7 rings (SSSR count). The number of ketones is 2. The van der Waals surface area contributed by atoms with Gasteiger partial charge in [0, 0.05) is 17.8 Å². The minimum absolute atomic E-state index is 0.0488. The highest BCUT2D eigenvalue weighted by Crippen LogP contribution is 2.75. The first-order valence-corrected chi connectivity index (χ1v) is 18.2. The molecule has 4 heteroatoms. The van der Waals surface area contributed by atoms with Gasteiger partial charge in [-0.25, -0.2) is 0 Å². The molecule has 4 nitrogen and oxygen atoms in total. The van der Waals surface area contributed by atoms with Gasteiger partial charge in [0.1, 0.15) is 5.78 Å². The van der Waals surface area contributed by atoms with Gasteiger partial charge in [-0.15, -0.1) is 0 Å². The maximum Gasteiger partial charge on any atom is 0.312 e. The van der Waals surface area contributed by atoms with Crippen molar-refractivity contribution in [3.8, 4) is 0 Å². The van der Waals surface area contributed by atoms with Crippen molar-refractivity contribution in [2.45, 2.75) is 112 Å². The minimum atomic E-state index is -0.650. The average Bonchev–Trinajstić information content (AvgIpc) is 3.04. The van der Waals surface area contributed by atoms with E-state index >= 15 is 0 Å². The highest BCUT2D eigenvalue weighted by atomic mass is 16.5. The molecule has 0 spiro atoms. The number of rotatable bonds is 4. The van der Waals surface area contributed by atoms with E-state index < -0.39 is 16.9 Å². The number of ether oxygens (including phenoxy) is 1. The fourth-order valence-electron chi connectivity index (χ4n) is 12.0.